The number of amides is 2. The molecule has 4 N–H and O–H groups in total. The summed E-state index contributed by atoms with van der Waals surface area (Å²) in [4.78, 5) is 29.6. The van der Waals surface area contributed by atoms with Gasteiger partial charge in [0.25, 0.3) is 11.8 Å². The molecule has 2 aromatic heterocycles. The fourth-order valence-electron chi connectivity index (χ4n) is 5.65. The van der Waals surface area contributed by atoms with Crippen LogP contribution in [0.3, 0.4) is 0 Å². The number of hydrogen-bond donors (Lipinski definition) is 4. The van der Waals surface area contributed by atoms with Crippen molar-refractivity contribution in [3.05, 3.63) is 71.8 Å². The van der Waals surface area contributed by atoms with E-state index in [2.05, 4.69) is 14.9 Å². The Morgan fingerprint density at radius 1 is 0.848 bits per heavy atom. The summed E-state index contributed by atoms with van der Waals surface area (Å²) >= 11 is 0. The predicted octanol–water partition coefficient (Wildman–Crippen LogP) is 3.54. The molecule has 162 valence electrons. The number of rotatable bonds is 1. The lowest BCUT2D eigenvalue weighted by Gasteiger charge is -2.27. The lowest BCUT2D eigenvalue weighted by molar-refractivity contribution is 0.0307. The van der Waals surface area contributed by atoms with Gasteiger partial charge in [0.05, 0.1) is 40.4 Å². The summed E-state index contributed by atoms with van der Waals surface area (Å²) in [6, 6.07) is 15.3. The van der Waals surface area contributed by atoms with E-state index < -0.39 is 18.1 Å². The van der Waals surface area contributed by atoms with E-state index >= 15 is 0 Å². The third kappa shape index (κ3) is 2.30. The van der Waals surface area contributed by atoms with Gasteiger partial charge in [-0.25, -0.2) is 0 Å². The van der Waals surface area contributed by atoms with Crippen LogP contribution < -0.4 is 5.32 Å². The summed E-state index contributed by atoms with van der Waals surface area (Å²) in [7, 11) is 0. The maximum Gasteiger partial charge on any atom is 0.259 e. The Balaban J connectivity index is 1.76. The van der Waals surface area contributed by atoms with Crippen LogP contribution in [0.2, 0.25) is 0 Å². The van der Waals surface area contributed by atoms with Crippen LogP contribution in [-0.4, -0.2) is 43.8 Å². The molecule has 1 aliphatic heterocycles. The molecule has 7 rings (SSSR count). The number of benzene rings is 3. The maximum absolute atomic E-state index is 13.1. The standard InChI is InChI=1S/C26H19N3O4/c30-17-10-9-12(11-18(17)31)29-16-8-4-2-6-14(16)20-22-21(25(32)28-26(22)33)19-13-5-1-3-7-15(13)27-23(19)24(20)29/h1-10,12,17-18,27,30-31H,11H2,(H,28,32,33)/t12-,17-,18+/m0/s1. The Bertz CT molecular complexity index is 1710. The molecule has 2 aliphatic rings. The molecule has 0 saturated carbocycles. The van der Waals surface area contributed by atoms with E-state index in [0.29, 0.717) is 17.5 Å². The summed E-state index contributed by atoms with van der Waals surface area (Å²) in [5.74, 6) is -0.788. The van der Waals surface area contributed by atoms with Crippen LogP contribution in [0.1, 0.15) is 33.2 Å². The zero-order valence-corrected chi connectivity index (χ0v) is 17.4. The van der Waals surface area contributed by atoms with Crippen molar-refractivity contribution in [1.29, 1.82) is 0 Å². The number of hydrogen-bond acceptors (Lipinski definition) is 4. The first-order valence-electron chi connectivity index (χ1n) is 10.9. The maximum atomic E-state index is 13.1. The van der Waals surface area contributed by atoms with E-state index in [1.165, 1.54) is 0 Å². The van der Waals surface area contributed by atoms with Gasteiger partial charge < -0.3 is 19.8 Å². The van der Waals surface area contributed by atoms with Gasteiger partial charge in [-0.1, -0.05) is 48.6 Å². The molecule has 1 aliphatic carbocycles. The third-order valence-electron chi connectivity index (χ3n) is 7.02. The number of aliphatic hydroxyl groups excluding tert-OH is 2. The van der Waals surface area contributed by atoms with E-state index in [-0.39, 0.29) is 11.9 Å². The Morgan fingerprint density at radius 3 is 2.33 bits per heavy atom. The molecule has 0 fully saturated rings. The molecule has 0 bridgehead atoms. The van der Waals surface area contributed by atoms with Crippen LogP contribution in [0.15, 0.2) is 60.7 Å². The van der Waals surface area contributed by atoms with Gasteiger partial charge in [0, 0.05) is 39.0 Å². The van der Waals surface area contributed by atoms with Crippen molar-refractivity contribution in [3.63, 3.8) is 0 Å². The Labute approximate surface area is 186 Å². The van der Waals surface area contributed by atoms with Gasteiger partial charge >= 0.3 is 0 Å². The molecule has 0 spiro atoms. The topological polar surface area (TPSA) is 107 Å². The Morgan fingerprint density at radius 2 is 1.55 bits per heavy atom. The van der Waals surface area contributed by atoms with E-state index in [0.717, 1.165) is 43.6 Å². The van der Waals surface area contributed by atoms with E-state index in [9.17, 15) is 19.8 Å². The predicted molar refractivity (Wildman–Crippen MR) is 125 cm³/mol. The van der Waals surface area contributed by atoms with Crippen LogP contribution in [0.25, 0.3) is 43.6 Å². The normalized spacial score (nSPS) is 22.7. The van der Waals surface area contributed by atoms with Gasteiger partial charge in [0.15, 0.2) is 0 Å². The van der Waals surface area contributed by atoms with Crippen LogP contribution >= 0.6 is 0 Å². The molecule has 33 heavy (non-hydrogen) atoms. The highest BCUT2D eigenvalue weighted by atomic mass is 16.3. The number of nitrogens with zero attached hydrogens (tertiary/aromatic N) is 1. The van der Waals surface area contributed by atoms with Crippen molar-refractivity contribution < 1.29 is 19.8 Å². The molecule has 0 saturated heterocycles. The Kier molecular flexibility index (Phi) is 3.56. The van der Waals surface area contributed by atoms with Crippen molar-refractivity contribution in [1.82, 2.24) is 14.9 Å². The minimum atomic E-state index is -0.907. The van der Waals surface area contributed by atoms with Gasteiger partial charge in [0.1, 0.15) is 0 Å². The minimum Gasteiger partial charge on any atom is -0.390 e. The highest BCUT2D eigenvalue weighted by Crippen LogP contribution is 2.45. The van der Waals surface area contributed by atoms with Crippen LogP contribution in [-0.2, 0) is 0 Å². The number of nitrogens with one attached hydrogen (secondary N) is 2. The third-order valence-corrected chi connectivity index (χ3v) is 7.02. The van der Waals surface area contributed by atoms with Gasteiger partial charge in [-0.2, -0.15) is 0 Å². The average Bonchev–Trinajstić information content (AvgIpc) is 3.45. The van der Waals surface area contributed by atoms with Crippen molar-refractivity contribution in [3.8, 4) is 0 Å². The average molecular weight is 437 g/mol. The number of imide groups is 1. The second-order valence-electron chi connectivity index (χ2n) is 8.81. The monoisotopic (exact) mass is 437 g/mol. The number of fused-ring (bicyclic) bond motifs is 10. The largest absolute Gasteiger partial charge is 0.390 e. The second kappa shape index (κ2) is 6.31. The number of aromatic amines is 1. The van der Waals surface area contributed by atoms with Crippen LogP contribution in [0, 0.1) is 0 Å². The first kappa shape index (κ1) is 18.6. The quantitative estimate of drug-likeness (QED) is 0.238. The molecule has 5 aromatic rings. The number of carbonyl (C=O) groups is 2. The Hall–Kier alpha value is -3.94. The van der Waals surface area contributed by atoms with Gasteiger partial charge in [-0.15, -0.1) is 0 Å². The molecule has 7 heteroatoms. The molecule has 0 unspecified atom stereocenters. The van der Waals surface area contributed by atoms with Crippen molar-refractivity contribution >= 4 is 55.4 Å². The summed E-state index contributed by atoms with van der Waals surface area (Å²) < 4.78 is 2.12. The lowest BCUT2D eigenvalue weighted by atomic mass is 9.95. The summed E-state index contributed by atoms with van der Waals surface area (Å²) in [5, 5.41) is 26.1. The number of allylic oxidation sites excluding steroid dienone is 1. The van der Waals surface area contributed by atoms with Gasteiger partial charge in [-0.3, -0.25) is 14.9 Å². The first-order valence-corrected chi connectivity index (χ1v) is 10.9. The second-order valence-corrected chi connectivity index (χ2v) is 8.81. The number of carbonyl (C=O) groups excluding carboxylic acids is 2. The van der Waals surface area contributed by atoms with Crippen LogP contribution in [0.5, 0.6) is 0 Å². The molecule has 3 aromatic carbocycles. The number of aliphatic hydroxyl groups is 2. The first-order chi connectivity index (χ1) is 16.0. The fraction of sp³-hybridized carbons (Fsp3) is 0.154. The fourth-order valence-corrected chi connectivity index (χ4v) is 5.65. The highest BCUT2D eigenvalue weighted by Gasteiger charge is 2.37. The highest BCUT2D eigenvalue weighted by molar-refractivity contribution is 6.39. The molecule has 3 atom stereocenters. The summed E-state index contributed by atoms with van der Waals surface area (Å²) in [6.07, 6.45) is 2.04. The van der Waals surface area contributed by atoms with E-state index in [1.807, 2.05) is 54.6 Å². The molecule has 7 nitrogen and oxygen atoms in total. The van der Waals surface area contributed by atoms with Crippen LogP contribution in [0.4, 0.5) is 0 Å². The smallest absolute Gasteiger partial charge is 0.259 e. The van der Waals surface area contributed by atoms with Crippen molar-refractivity contribution in [2.45, 2.75) is 24.7 Å². The molecule has 0 radical (unpaired) electrons. The molecule has 3 heterocycles. The molecular weight excluding hydrogens is 418 g/mol. The zero-order valence-electron chi connectivity index (χ0n) is 17.4. The number of H-pyrrole nitrogens is 1. The van der Waals surface area contributed by atoms with E-state index in [1.54, 1.807) is 6.08 Å². The summed E-state index contributed by atoms with van der Waals surface area (Å²) in [5.41, 5.74) is 4.15. The SMILES string of the molecule is O=C1NC(=O)c2c1c1c3ccccc3[nH]c1c1c2c2ccccc2n1[C@H]1C=C[C@H](O)[C@H](O)C1. The molecular formula is C26H19N3O4. The van der Waals surface area contributed by atoms with Gasteiger partial charge in [0.2, 0.25) is 0 Å². The lowest BCUT2D eigenvalue weighted by Crippen LogP contribution is -2.30. The summed E-state index contributed by atoms with van der Waals surface area (Å²) in [6.45, 7) is 0. The molecule has 2 amide bonds. The van der Waals surface area contributed by atoms with E-state index in [4.69, 9.17) is 0 Å². The minimum absolute atomic E-state index is 0.237. The van der Waals surface area contributed by atoms with Crippen molar-refractivity contribution in [2.24, 2.45) is 0 Å². The van der Waals surface area contributed by atoms with Crippen molar-refractivity contribution in [2.75, 3.05) is 0 Å². The van der Waals surface area contributed by atoms with Gasteiger partial charge in [-0.05, 0) is 12.1 Å². The zero-order chi connectivity index (χ0) is 22.4. The number of aromatic nitrogens is 2. The number of para-hydroxylation sites is 2.